The van der Waals surface area contributed by atoms with Crippen LogP contribution in [0.2, 0.25) is 0 Å². The number of hydrogen-bond acceptors (Lipinski definition) is 5. The summed E-state index contributed by atoms with van der Waals surface area (Å²) in [5, 5.41) is 0. The van der Waals surface area contributed by atoms with Gasteiger partial charge in [-0.1, -0.05) is 23.5 Å². The summed E-state index contributed by atoms with van der Waals surface area (Å²) < 4.78 is 13.8. The molecule has 0 spiro atoms. The Balaban J connectivity index is 1.67. The molecule has 0 aliphatic carbocycles. The van der Waals surface area contributed by atoms with E-state index in [-0.39, 0.29) is 19.1 Å². The molecule has 0 fully saturated rings. The smallest absolute Gasteiger partial charge is 0.252 e. The van der Waals surface area contributed by atoms with E-state index in [2.05, 4.69) is 29.8 Å². The van der Waals surface area contributed by atoms with Crippen molar-refractivity contribution in [2.24, 2.45) is 4.99 Å². The lowest BCUT2D eigenvalue weighted by Gasteiger charge is -2.02. The molecule has 138 valence electrons. The lowest BCUT2D eigenvalue weighted by atomic mass is 10.1. The Kier molecular flexibility index (Phi) is 5.05. The molecular formula is C20H18N2O3S2. The van der Waals surface area contributed by atoms with Gasteiger partial charge in [0.1, 0.15) is 0 Å². The van der Waals surface area contributed by atoms with Crippen LogP contribution in [0.5, 0.6) is 11.5 Å². The number of benzene rings is 2. The van der Waals surface area contributed by atoms with Gasteiger partial charge >= 0.3 is 0 Å². The highest BCUT2D eigenvalue weighted by Crippen LogP contribution is 2.32. The number of hydrogen-bond donors (Lipinski definition) is 0. The SMILES string of the molecule is C=CCn1c(=NC(=O)Cc2ccc3c(c2)OCO3)sc2cc(SC)ccc21. The Labute approximate surface area is 165 Å². The van der Waals surface area contributed by atoms with E-state index < -0.39 is 0 Å². The molecule has 4 rings (SSSR count). The van der Waals surface area contributed by atoms with Crippen LogP contribution >= 0.6 is 23.1 Å². The molecule has 2 aromatic carbocycles. The van der Waals surface area contributed by atoms with Crippen LogP contribution in [0.3, 0.4) is 0 Å². The molecule has 1 aliphatic rings. The number of ether oxygens (including phenoxy) is 2. The summed E-state index contributed by atoms with van der Waals surface area (Å²) in [6.07, 6.45) is 4.08. The molecule has 1 aliphatic heterocycles. The fourth-order valence-corrected chi connectivity index (χ4v) is 4.55. The molecule has 2 heterocycles. The van der Waals surface area contributed by atoms with Gasteiger partial charge in [0.2, 0.25) is 6.79 Å². The van der Waals surface area contributed by atoms with Crippen molar-refractivity contribution in [1.29, 1.82) is 0 Å². The van der Waals surface area contributed by atoms with Crippen molar-refractivity contribution < 1.29 is 14.3 Å². The fourth-order valence-electron chi connectivity index (χ4n) is 2.94. The first-order valence-electron chi connectivity index (χ1n) is 8.42. The Bertz CT molecular complexity index is 1100. The molecule has 0 bridgehead atoms. The first-order valence-corrected chi connectivity index (χ1v) is 10.5. The van der Waals surface area contributed by atoms with E-state index in [0.717, 1.165) is 15.8 Å². The standard InChI is InChI=1S/C20H18N2O3S2/c1-3-8-22-15-6-5-14(26-2)11-18(15)27-20(22)21-19(23)10-13-4-7-16-17(9-13)25-12-24-16/h3-7,9,11H,1,8,10,12H2,2H3. The van der Waals surface area contributed by atoms with Crippen molar-refractivity contribution in [3.05, 3.63) is 59.4 Å². The zero-order chi connectivity index (χ0) is 18.8. The highest BCUT2D eigenvalue weighted by Gasteiger charge is 2.15. The summed E-state index contributed by atoms with van der Waals surface area (Å²) in [7, 11) is 0. The highest BCUT2D eigenvalue weighted by atomic mass is 32.2. The number of nitrogens with zero attached hydrogens (tertiary/aromatic N) is 2. The number of fused-ring (bicyclic) bond motifs is 2. The Morgan fingerprint density at radius 3 is 2.96 bits per heavy atom. The minimum atomic E-state index is -0.191. The lowest BCUT2D eigenvalue weighted by Crippen LogP contribution is -2.16. The second-order valence-corrected chi connectivity index (χ2v) is 7.88. The summed E-state index contributed by atoms with van der Waals surface area (Å²) in [5.41, 5.74) is 1.92. The van der Waals surface area contributed by atoms with E-state index in [1.807, 2.05) is 35.1 Å². The molecule has 1 aromatic heterocycles. The van der Waals surface area contributed by atoms with Crippen molar-refractivity contribution in [2.75, 3.05) is 13.0 Å². The molecule has 0 unspecified atom stereocenters. The summed E-state index contributed by atoms with van der Waals surface area (Å²) >= 11 is 3.22. The van der Waals surface area contributed by atoms with E-state index >= 15 is 0 Å². The van der Waals surface area contributed by atoms with Crippen LogP contribution < -0.4 is 14.3 Å². The summed E-state index contributed by atoms with van der Waals surface area (Å²) in [6, 6.07) is 11.8. The zero-order valence-electron chi connectivity index (χ0n) is 14.8. The highest BCUT2D eigenvalue weighted by molar-refractivity contribution is 7.98. The van der Waals surface area contributed by atoms with Crippen LogP contribution in [-0.4, -0.2) is 23.5 Å². The van der Waals surface area contributed by atoms with Gasteiger partial charge in [0.15, 0.2) is 16.3 Å². The first kappa shape index (κ1) is 17.9. The van der Waals surface area contributed by atoms with Gasteiger partial charge < -0.3 is 14.0 Å². The number of thioether (sulfide) groups is 1. The van der Waals surface area contributed by atoms with Gasteiger partial charge in [-0.05, 0) is 42.2 Å². The predicted octanol–water partition coefficient (Wildman–Crippen LogP) is 4.01. The number of aromatic nitrogens is 1. The molecule has 0 radical (unpaired) electrons. The summed E-state index contributed by atoms with van der Waals surface area (Å²) in [5.74, 6) is 1.19. The minimum Gasteiger partial charge on any atom is -0.454 e. The van der Waals surface area contributed by atoms with Crippen molar-refractivity contribution >= 4 is 39.2 Å². The van der Waals surface area contributed by atoms with Crippen LogP contribution in [0.4, 0.5) is 0 Å². The van der Waals surface area contributed by atoms with Gasteiger partial charge in [0, 0.05) is 11.4 Å². The van der Waals surface area contributed by atoms with Crippen LogP contribution in [0.1, 0.15) is 5.56 Å². The Morgan fingerprint density at radius 1 is 1.30 bits per heavy atom. The first-order chi connectivity index (χ1) is 13.2. The maximum atomic E-state index is 12.6. The van der Waals surface area contributed by atoms with Gasteiger partial charge in [0.05, 0.1) is 16.6 Å². The quantitative estimate of drug-likeness (QED) is 0.481. The van der Waals surface area contributed by atoms with Crippen molar-refractivity contribution in [2.45, 2.75) is 17.9 Å². The van der Waals surface area contributed by atoms with Crippen LogP contribution in [0, 0.1) is 0 Å². The topological polar surface area (TPSA) is 52.8 Å². The summed E-state index contributed by atoms with van der Waals surface area (Å²) in [6.45, 7) is 4.65. The van der Waals surface area contributed by atoms with Crippen molar-refractivity contribution in [3.63, 3.8) is 0 Å². The number of rotatable bonds is 5. The lowest BCUT2D eigenvalue weighted by molar-refractivity contribution is -0.117. The van der Waals surface area contributed by atoms with Gasteiger partial charge in [0.25, 0.3) is 5.91 Å². The largest absolute Gasteiger partial charge is 0.454 e. The number of carbonyl (C=O) groups is 1. The third-order valence-corrected chi connectivity index (χ3v) is 5.98. The molecule has 7 heteroatoms. The monoisotopic (exact) mass is 398 g/mol. The maximum absolute atomic E-state index is 12.6. The predicted molar refractivity (Wildman–Crippen MR) is 109 cm³/mol. The second kappa shape index (κ2) is 7.62. The third kappa shape index (κ3) is 3.65. The molecule has 0 atom stereocenters. The van der Waals surface area contributed by atoms with Gasteiger partial charge in [-0.15, -0.1) is 18.3 Å². The third-order valence-electron chi connectivity index (χ3n) is 4.21. The van der Waals surface area contributed by atoms with Crippen LogP contribution in [0.25, 0.3) is 10.2 Å². The molecule has 0 saturated heterocycles. The molecule has 27 heavy (non-hydrogen) atoms. The fraction of sp³-hybridized carbons (Fsp3) is 0.200. The van der Waals surface area contributed by atoms with Crippen molar-refractivity contribution in [3.8, 4) is 11.5 Å². The average Bonchev–Trinajstić information content (AvgIpc) is 3.26. The summed E-state index contributed by atoms with van der Waals surface area (Å²) in [4.78, 5) is 18.8. The second-order valence-electron chi connectivity index (χ2n) is 5.99. The molecule has 0 N–H and O–H groups in total. The normalized spacial score (nSPS) is 13.3. The molecular weight excluding hydrogens is 380 g/mol. The minimum absolute atomic E-state index is 0.191. The van der Waals surface area contributed by atoms with Gasteiger partial charge in [-0.3, -0.25) is 4.79 Å². The zero-order valence-corrected chi connectivity index (χ0v) is 16.4. The van der Waals surface area contributed by atoms with E-state index in [1.54, 1.807) is 11.8 Å². The molecule has 0 saturated carbocycles. The van der Waals surface area contributed by atoms with Crippen LogP contribution in [-0.2, 0) is 17.8 Å². The molecule has 5 nitrogen and oxygen atoms in total. The number of carbonyl (C=O) groups excluding carboxylic acids is 1. The van der Waals surface area contributed by atoms with Crippen LogP contribution in [0.15, 0.2) is 58.9 Å². The number of amides is 1. The number of allylic oxidation sites excluding steroid dienone is 1. The van der Waals surface area contributed by atoms with Gasteiger partial charge in [-0.25, -0.2) is 0 Å². The average molecular weight is 399 g/mol. The van der Waals surface area contributed by atoms with E-state index in [4.69, 9.17) is 9.47 Å². The number of thiazole rings is 1. The van der Waals surface area contributed by atoms with Crippen molar-refractivity contribution in [1.82, 2.24) is 4.57 Å². The van der Waals surface area contributed by atoms with E-state index in [1.165, 1.54) is 16.2 Å². The molecule has 1 amide bonds. The Hall–Kier alpha value is -2.51. The molecule has 3 aromatic rings. The maximum Gasteiger partial charge on any atom is 0.252 e. The van der Waals surface area contributed by atoms with E-state index in [9.17, 15) is 4.79 Å². The Morgan fingerprint density at radius 2 is 2.15 bits per heavy atom. The van der Waals surface area contributed by atoms with Gasteiger partial charge in [-0.2, -0.15) is 4.99 Å². The van der Waals surface area contributed by atoms with E-state index in [0.29, 0.717) is 22.8 Å².